The second kappa shape index (κ2) is 10.1. The first-order chi connectivity index (χ1) is 12.5. The number of carbonyl (C=O) groups is 1. The van der Waals surface area contributed by atoms with Crippen LogP contribution in [0.25, 0.3) is 0 Å². The fourth-order valence-electron chi connectivity index (χ4n) is 2.35. The van der Waals surface area contributed by atoms with E-state index >= 15 is 0 Å². The van der Waals surface area contributed by atoms with Gasteiger partial charge in [-0.25, -0.2) is 9.78 Å². The zero-order chi connectivity index (χ0) is 18.9. The Morgan fingerprint density at radius 2 is 2.12 bits per heavy atom. The summed E-state index contributed by atoms with van der Waals surface area (Å²) in [7, 11) is 1.63. The first-order valence-corrected chi connectivity index (χ1v) is 9.56. The van der Waals surface area contributed by atoms with Crippen molar-refractivity contribution in [2.75, 3.05) is 26.8 Å². The first-order valence-electron chi connectivity index (χ1n) is 8.68. The zero-order valence-corrected chi connectivity index (χ0v) is 16.7. The fraction of sp³-hybridized carbons (Fsp3) is 0.474. The number of thiazole rings is 1. The van der Waals surface area contributed by atoms with Crippen LogP contribution in [0.2, 0.25) is 0 Å². The standard InChI is InChI=1S/C19H27N3O3S/c1-5-20-19(23)22(8-9-24-4)11-16-13-26-18(21-16)12-25-17-7-6-14(2)15(3)10-17/h6-7,10,13H,5,8-9,11-12H2,1-4H3,(H,20,23). The van der Waals surface area contributed by atoms with Crippen LogP contribution >= 0.6 is 11.3 Å². The Balaban J connectivity index is 1.94. The molecule has 2 amide bonds. The molecule has 0 saturated heterocycles. The lowest BCUT2D eigenvalue weighted by atomic mass is 10.1. The molecule has 1 aromatic heterocycles. The van der Waals surface area contributed by atoms with Crippen LogP contribution in [0.5, 0.6) is 5.75 Å². The summed E-state index contributed by atoms with van der Waals surface area (Å²) in [6.07, 6.45) is 0. The summed E-state index contributed by atoms with van der Waals surface area (Å²) < 4.78 is 10.9. The van der Waals surface area contributed by atoms with Gasteiger partial charge in [-0.3, -0.25) is 0 Å². The van der Waals surface area contributed by atoms with Gasteiger partial charge >= 0.3 is 6.03 Å². The van der Waals surface area contributed by atoms with Crippen LogP contribution in [-0.2, 0) is 17.9 Å². The molecule has 0 aliphatic rings. The van der Waals surface area contributed by atoms with Crippen LogP contribution in [-0.4, -0.2) is 42.7 Å². The topological polar surface area (TPSA) is 63.7 Å². The van der Waals surface area contributed by atoms with Crippen molar-refractivity contribution >= 4 is 17.4 Å². The number of carbonyl (C=O) groups excluding carboxylic acids is 1. The van der Waals surface area contributed by atoms with E-state index in [-0.39, 0.29) is 6.03 Å². The lowest BCUT2D eigenvalue weighted by Gasteiger charge is -2.21. The van der Waals surface area contributed by atoms with Crippen molar-refractivity contribution in [1.29, 1.82) is 0 Å². The van der Waals surface area contributed by atoms with Crippen LogP contribution in [0.15, 0.2) is 23.6 Å². The highest BCUT2D eigenvalue weighted by Gasteiger charge is 2.15. The third-order valence-corrected chi connectivity index (χ3v) is 4.84. The van der Waals surface area contributed by atoms with Gasteiger partial charge in [-0.15, -0.1) is 11.3 Å². The number of methoxy groups -OCH3 is 1. The monoisotopic (exact) mass is 377 g/mol. The average Bonchev–Trinajstić information content (AvgIpc) is 3.07. The molecular formula is C19H27N3O3S. The molecular weight excluding hydrogens is 350 g/mol. The van der Waals surface area contributed by atoms with E-state index in [1.54, 1.807) is 23.3 Å². The SMILES string of the molecule is CCNC(=O)N(CCOC)Cc1csc(COc2ccc(C)c(C)c2)n1. The van der Waals surface area contributed by atoms with Gasteiger partial charge in [0.15, 0.2) is 0 Å². The lowest BCUT2D eigenvalue weighted by molar-refractivity contribution is 0.146. The molecule has 0 spiro atoms. The Morgan fingerprint density at radius 3 is 2.81 bits per heavy atom. The highest BCUT2D eigenvalue weighted by atomic mass is 32.1. The normalized spacial score (nSPS) is 10.6. The molecule has 142 valence electrons. The zero-order valence-electron chi connectivity index (χ0n) is 15.9. The summed E-state index contributed by atoms with van der Waals surface area (Å²) in [6.45, 7) is 8.53. The van der Waals surface area contributed by atoms with E-state index in [1.807, 2.05) is 24.4 Å². The minimum atomic E-state index is -0.106. The maximum atomic E-state index is 12.1. The number of nitrogens with one attached hydrogen (secondary N) is 1. The molecule has 0 aliphatic heterocycles. The Labute approximate surface area is 159 Å². The maximum Gasteiger partial charge on any atom is 0.317 e. The Kier molecular flexibility index (Phi) is 7.87. The van der Waals surface area contributed by atoms with E-state index < -0.39 is 0 Å². The Hall–Kier alpha value is -2.12. The molecule has 1 N–H and O–H groups in total. The third kappa shape index (κ3) is 6.00. The molecule has 26 heavy (non-hydrogen) atoms. The van der Waals surface area contributed by atoms with Crippen molar-refractivity contribution in [1.82, 2.24) is 15.2 Å². The second-order valence-corrected chi connectivity index (χ2v) is 6.96. The molecule has 0 atom stereocenters. The minimum Gasteiger partial charge on any atom is -0.486 e. The Morgan fingerprint density at radius 1 is 1.31 bits per heavy atom. The molecule has 7 heteroatoms. The van der Waals surface area contributed by atoms with Crippen molar-refractivity contribution < 1.29 is 14.3 Å². The number of rotatable bonds is 9. The van der Waals surface area contributed by atoms with Gasteiger partial charge in [0, 0.05) is 25.6 Å². The molecule has 6 nitrogen and oxygen atoms in total. The Bertz CT molecular complexity index is 718. The van der Waals surface area contributed by atoms with Gasteiger partial charge in [-0.1, -0.05) is 6.07 Å². The second-order valence-electron chi connectivity index (χ2n) is 6.02. The molecule has 2 rings (SSSR count). The highest BCUT2D eigenvalue weighted by Crippen LogP contribution is 2.19. The number of aromatic nitrogens is 1. The predicted molar refractivity (Wildman–Crippen MR) is 104 cm³/mol. The quantitative estimate of drug-likeness (QED) is 0.726. The number of amides is 2. The van der Waals surface area contributed by atoms with Gasteiger partial charge in [-0.2, -0.15) is 0 Å². The van der Waals surface area contributed by atoms with Crippen LogP contribution in [0.3, 0.4) is 0 Å². The number of urea groups is 1. The van der Waals surface area contributed by atoms with Gasteiger partial charge in [-0.05, 0) is 44.0 Å². The minimum absolute atomic E-state index is 0.106. The van der Waals surface area contributed by atoms with Gasteiger partial charge in [0.2, 0.25) is 0 Å². The van der Waals surface area contributed by atoms with Gasteiger partial charge in [0.05, 0.1) is 18.8 Å². The average molecular weight is 378 g/mol. The molecule has 0 fully saturated rings. The number of hydrogen-bond donors (Lipinski definition) is 1. The molecule has 0 unspecified atom stereocenters. The molecule has 0 aliphatic carbocycles. The fourth-order valence-corrected chi connectivity index (χ4v) is 3.05. The van der Waals surface area contributed by atoms with Crippen molar-refractivity contribution in [3.63, 3.8) is 0 Å². The van der Waals surface area contributed by atoms with Crippen LogP contribution in [0.1, 0.15) is 28.8 Å². The van der Waals surface area contributed by atoms with E-state index in [4.69, 9.17) is 9.47 Å². The van der Waals surface area contributed by atoms with Crippen molar-refractivity contribution in [2.24, 2.45) is 0 Å². The van der Waals surface area contributed by atoms with Gasteiger partial charge in [0.1, 0.15) is 17.4 Å². The van der Waals surface area contributed by atoms with Crippen molar-refractivity contribution in [3.05, 3.63) is 45.4 Å². The van der Waals surface area contributed by atoms with Crippen LogP contribution in [0, 0.1) is 13.8 Å². The van der Waals surface area contributed by atoms with Gasteiger partial charge < -0.3 is 19.7 Å². The molecule has 0 saturated carbocycles. The molecule has 1 aromatic carbocycles. The summed E-state index contributed by atoms with van der Waals surface area (Å²) >= 11 is 1.54. The predicted octanol–water partition coefficient (Wildman–Crippen LogP) is 3.52. The van der Waals surface area contributed by atoms with Crippen LogP contribution < -0.4 is 10.1 Å². The summed E-state index contributed by atoms with van der Waals surface area (Å²) in [5.41, 5.74) is 3.31. The van der Waals surface area contributed by atoms with Crippen molar-refractivity contribution in [2.45, 2.75) is 33.9 Å². The number of nitrogens with zero attached hydrogens (tertiary/aromatic N) is 2. The largest absolute Gasteiger partial charge is 0.486 e. The highest BCUT2D eigenvalue weighted by molar-refractivity contribution is 7.09. The van der Waals surface area contributed by atoms with E-state index in [1.165, 1.54) is 11.1 Å². The number of hydrogen-bond acceptors (Lipinski definition) is 5. The van der Waals surface area contributed by atoms with E-state index in [0.717, 1.165) is 16.5 Å². The number of aryl methyl sites for hydroxylation is 2. The number of benzene rings is 1. The molecule has 0 radical (unpaired) electrons. The molecule has 2 aromatic rings. The van der Waals surface area contributed by atoms with E-state index in [0.29, 0.717) is 32.8 Å². The summed E-state index contributed by atoms with van der Waals surface area (Å²) in [6, 6.07) is 5.95. The smallest absolute Gasteiger partial charge is 0.317 e. The van der Waals surface area contributed by atoms with E-state index in [2.05, 4.69) is 30.2 Å². The van der Waals surface area contributed by atoms with Gasteiger partial charge in [0.25, 0.3) is 0 Å². The van der Waals surface area contributed by atoms with Crippen molar-refractivity contribution in [3.8, 4) is 5.75 Å². The molecule has 0 bridgehead atoms. The maximum absolute atomic E-state index is 12.1. The summed E-state index contributed by atoms with van der Waals surface area (Å²) in [5, 5.41) is 5.68. The van der Waals surface area contributed by atoms with Crippen LogP contribution in [0.4, 0.5) is 4.79 Å². The van der Waals surface area contributed by atoms with E-state index in [9.17, 15) is 4.79 Å². The first kappa shape index (κ1) is 20.2. The molecule has 1 heterocycles. The third-order valence-electron chi connectivity index (χ3n) is 3.97. The summed E-state index contributed by atoms with van der Waals surface area (Å²) in [4.78, 5) is 18.4. The lowest BCUT2D eigenvalue weighted by Crippen LogP contribution is -2.41. The number of ether oxygens (including phenoxy) is 2. The summed E-state index contributed by atoms with van der Waals surface area (Å²) in [5.74, 6) is 0.842.